The van der Waals surface area contributed by atoms with Crippen LogP contribution in [0.4, 0.5) is 0 Å². The molecule has 0 radical (unpaired) electrons. The van der Waals surface area contributed by atoms with Crippen LogP contribution in [0.15, 0.2) is 17.7 Å². The first-order valence-corrected chi connectivity index (χ1v) is 14.0. The van der Waals surface area contributed by atoms with Crippen LogP contribution < -0.4 is 0 Å². The van der Waals surface area contributed by atoms with Gasteiger partial charge in [0.15, 0.2) is 0 Å². The molecule has 0 aromatic carbocycles. The number of carbonyl (C=O) groups excluding carboxylic acids is 1. The Morgan fingerprint density at radius 1 is 1.09 bits per heavy atom. The molecule has 4 nitrogen and oxygen atoms in total. The number of piperidine rings is 2. The summed E-state index contributed by atoms with van der Waals surface area (Å²) in [5, 5.41) is 0. The fourth-order valence-corrected chi connectivity index (χ4v) is 8.82. The van der Waals surface area contributed by atoms with E-state index in [-0.39, 0.29) is 5.91 Å². The number of hydrogen-bond donors (Lipinski definition) is 0. The molecule has 4 fully saturated rings. The van der Waals surface area contributed by atoms with Gasteiger partial charge in [-0.1, -0.05) is 25.5 Å². The van der Waals surface area contributed by atoms with Crippen molar-refractivity contribution in [3.05, 3.63) is 34.7 Å². The van der Waals surface area contributed by atoms with E-state index in [1.807, 2.05) is 0 Å². The van der Waals surface area contributed by atoms with Gasteiger partial charge in [-0.2, -0.15) is 0 Å². The molecule has 34 heavy (non-hydrogen) atoms. The van der Waals surface area contributed by atoms with E-state index >= 15 is 0 Å². The van der Waals surface area contributed by atoms with Crippen molar-refractivity contribution in [2.24, 2.45) is 29.6 Å². The number of fused-ring (bicyclic) bond motifs is 4. The molecule has 2 aliphatic heterocycles. The van der Waals surface area contributed by atoms with Crippen molar-refractivity contribution < 1.29 is 4.79 Å². The molecule has 0 N–H and O–H groups in total. The highest BCUT2D eigenvalue weighted by molar-refractivity contribution is 5.73. The van der Waals surface area contributed by atoms with Crippen molar-refractivity contribution in [1.82, 2.24) is 14.8 Å². The molecular formula is C30H43N3O. The molecule has 2 saturated carbocycles. The molecule has 1 aromatic rings. The Hall–Kier alpha value is -1.68. The smallest absolute Gasteiger partial charge is 0.219 e. The summed E-state index contributed by atoms with van der Waals surface area (Å²) in [6.45, 7) is 8.72. The summed E-state index contributed by atoms with van der Waals surface area (Å²) < 4.78 is 0. The average molecular weight is 462 g/mol. The zero-order valence-corrected chi connectivity index (χ0v) is 21.7. The molecule has 184 valence electrons. The third kappa shape index (κ3) is 3.94. The van der Waals surface area contributed by atoms with Crippen LogP contribution in [-0.2, 0) is 11.2 Å². The molecule has 3 heterocycles. The Morgan fingerprint density at radius 2 is 1.91 bits per heavy atom. The number of likely N-dealkylation sites (N-methyl/N-ethyl adjacent to an activating group) is 1. The lowest BCUT2D eigenvalue weighted by molar-refractivity contribution is -0.137. The van der Waals surface area contributed by atoms with Gasteiger partial charge >= 0.3 is 0 Å². The van der Waals surface area contributed by atoms with Gasteiger partial charge in [-0.05, 0) is 112 Å². The zero-order valence-electron chi connectivity index (χ0n) is 21.7. The second-order valence-corrected chi connectivity index (χ2v) is 12.7. The number of likely N-dealkylation sites (tertiary alicyclic amines) is 2. The highest BCUT2D eigenvalue weighted by Gasteiger charge is 2.44. The van der Waals surface area contributed by atoms with Crippen molar-refractivity contribution in [2.45, 2.75) is 90.1 Å². The van der Waals surface area contributed by atoms with E-state index in [1.165, 1.54) is 62.0 Å². The van der Waals surface area contributed by atoms with E-state index < -0.39 is 0 Å². The molecule has 0 spiro atoms. The van der Waals surface area contributed by atoms with Gasteiger partial charge in [0.1, 0.15) is 0 Å². The molecule has 1 amide bonds. The van der Waals surface area contributed by atoms with Crippen molar-refractivity contribution in [3.8, 4) is 0 Å². The van der Waals surface area contributed by atoms with E-state index in [4.69, 9.17) is 4.98 Å². The highest BCUT2D eigenvalue weighted by atomic mass is 16.2. The molecule has 6 rings (SSSR count). The van der Waals surface area contributed by atoms with Gasteiger partial charge in [0.2, 0.25) is 5.91 Å². The Morgan fingerprint density at radius 3 is 2.74 bits per heavy atom. The van der Waals surface area contributed by atoms with Gasteiger partial charge in [0.05, 0.1) is 5.69 Å². The van der Waals surface area contributed by atoms with E-state index in [0.29, 0.717) is 29.7 Å². The van der Waals surface area contributed by atoms with Crippen LogP contribution in [-0.4, -0.2) is 52.9 Å². The minimum absolute atomic E-state index is 0.272. The van der Waals surface area contributed by atoms with Gasteiger partial charge in [0, 0.05) is 37.8 Å². The third-order valence-electron chi connectivity index (χ3n) is 10.2. The van der Waals surface area contributed by atoms with E-state index in [0.717, 1.165) is 37.3 Å². The van der Waals surface area contributed by atoms with Crippen LogP contribution in [0.2, 0.25) is 0 Å². The standard InChI is InChI=1S/C30H43N3O/c1-18-11-22-16-28-25(23-15-27(22)29(12-18)32(4)17-23)8-7-24(31-28)14-21-10-19(2)13-30-26(21)6-5-9-33(30)20(3)34/h7-8,16,18-19,21,23,26-27,29-30H,5-6,9-15,17H2,1-4H3/t18-,19+,21+,23+,26-,27+,29-,30+/m0/s1. The third-order valence-corrected chi connectivity index (χ3v) is 10.2. The Labute approximate surface area is 206 Å². The van der Waals surface area contributed by atoms with Crippen LogP contribution in [0.5, 0.6) is 0 Å². The first-order chi connectivity index (χ1) is 16.4. The first-order valence-electron chi connectivity index (χ1n) is 14.0. The van der Waals surface area contributed by atoms with Gasteiger partial charge in [0.25, 0.3) is 0 Å². The normalized spacial score (nSPS) is 39.5. The molecule has 2 saturated heterocycles. The van der Waals surface area contributed by atoms with Gasteiger partial charge in [-0.3, -0.25) is 9.78 Å². The predicted molar refractivity (Wildman–Crippen MR) is 137 cm³/mol. The summed E-state index contributed by atoms with van der Waals surface area (Å²) in [4.78, 5) is 22.6. The number of rotatable bonds is 2. The van der Waals surface area contributed by atoms with Crippen LogP contribution in [0.1, 0.15) is 88.6 Å². The molecule has 5 aliphatic rings. The maximum Gasteiger partial charge on any atom is 0.219 e. The maximum atomic E-state index is 12.3. The molecule has 4 heteroatoms. The molecular weight excluding hydrogens is 418 g/mol. The van der Waals surface area contributed by atoms with E-state index in [9.17, 15) is 4.79 Å². The zero-order chi connectivity index (χ0) is 23.6. The number of amides is 1. The lowest BCUT2D eigenvalue weighted by Gasteiger charge is -2.49. The fraction of sp³-hybridized carbons (Fsp3) is 0.733. The van der Waals surface area contributed by atoms with Gasteiger partial charge < -0.3 is 9.80 Å². The molecule has 0 unspecified atom stereocenters. The van der Waals surface area contributed by atoms with Crippen LogP contribution in [0.3, 0.4) is 0 Å². The topological polar surface area (TPSA) is 36.4 Å². The number of nitrogens with zero attached hydrogens (tertiary/aromatic N) is 3. The summed E-state index contributed by atoms with van der Waals surface area (Å²) in [5.41, 5.74) is 5.70. The summed E-state index contributed by atoms with van der Waals surface area (Å²) >= 11 is 0. The first kappa shape index (κ1) is 22.8. The Bertz CT molecular complexity index is 985. The van der Waals surface area contributed by atoms with Crippen LogP contribution >= 0.6 is 0 Å². The van der Waals surface area contributed by atoms with Gasteiger partial charge in [-0.15, -0.1) is 0 Å². The number of pyridine rings is 1. The fourth-order valence-electron chi connectivity index (χ4n) is 8.82. The molecule has 1 aromatic heterocycles. The largest absolute Gasteiger partial charge is 0.340 e. The lowest BCUT2D eigenvalue weighted by Crippen LogP contribution is -2.53. The van der Waals surface area contributed by atoms with E-state index in [2.05, 4.69) is 48.9 Å². The average Bonchev–Trinajstić information content (AvgIpc) is 2.92. The van der Waals surface area contributed by atoms with Crippen molar-refractivity contribution >= 4 is 12.0 Å². The minimum atomic E-state index is 0.272. The monoisotopic (exact) mass is 461 g/mol. The van der Waals surface area contributed by atoms with Crippen molar-refractivity contribution in [1.29, 1.82) is 0 Å². The lowest BCUT2D eigenvalue weighted by atomic mass is 9.66. The van der Waals surface area contributed by atoms with Crippen LogP contribution in [0.25, 0.3) is 6.08 Å². The molecule has 3 aliphatic carbocycles. The highest BCUT2D eigenvalue weighted by Crippen LogP contribution is 2.48. The molecule has 2 bridgehead atoms. The van der Waals surface area contributed by atoms with Crippen LogP contribution in [0, 0.1) is 29.6 Å². The number of aromatic nitrogens is 1. The second-order valence-electron chi connectivity index (χ2n) is 12.7. The van der Waals surface area contributed by atoms with Gasteiger partial charge in [-0.25, -0.2) is 0 Å². The Kier molecular flexibility index (Phi) is 5.87. The Balaban J connectivity index is 1.29. The van der Waals surface area contributed by atoms with Crippen molar-refractivity contribution in [3.63, 3.8) is 0 Å². The number of carbonyl (C=O) groups is 1. The minimum Gasteiger partial charge on any atom is -0.340 e. The summed E-state index contributed by atoms with van der Waals surface area (Å²) in [7, 11) is 2.35. The maximum absolute atomic E-state index is 12.3. The quantitative estimate of drug-likeness (QED) is 0.581. The van der Waals surface area contributed by atoms with E-state index in [1.54, 1.807) is 12.5 Å². The second kappa shape index (κ2) is 8.76. The SMILES string of the molecule is CC(=O)N1CCC[C@H]2[C@@H](Cc3ccc4c(n3)C=C3C[C@H](C)C[C@H]5[C@@H]3C[C@@H]4CN5C)C[C@@H](C)C[C@H]21. The van der Waals surface area contributed by atoms with Crippen molar-refractivity contribution in [2.75, 3.05) is 20.1 Å². The molecule has 8 atom stereocenters. The summed E-state index contributed by atoms with van der Waals surface area (Å²) in [6.07, 6.45) is 12.4. The summed E-state index contributed by atoms with van der Waals surface area (Å²) in [5.74, 6) is 4.35. The predicted octanol–water partition coefficient (Wildman–Crippen LogP) is 5.53. The summed E-state index contributed by atoms with van der Waals surface area (Å²) in [6, 6.07) is 5.94. The number of hydrogen-bond acceptors (Lipinski definition) is 3.